The minimum absolute atomic E-state index is 0.207. The first-order valence-electron chi connectivity index (χ1n) is 11.4. The molecule has 0 aromatic carbocycles. The lowest BCUT2D eigenvalue weighted by Gasteiger charge is -2.52. The van der Waals surface area contributed by atoms with E-state index in [0.29, 0.717) is 0 Å². The van der Waals surface area contributed by atoms with Gasteiger partial charge in [-0.05, 0) is 36.2 Å². The Hall–Kier alpha value is -2.80. The van der Waals surface area contributed by atoms with Crippen molar-refractivity contribution in [3.63, 3.8) is 0 Å². The molecule has 3 aliphatic rings. The summed E-state index contributed by atoms with van der Waals surface area (Å²) in [6.45, 7) is 3.17. The first-order valence-corrected chi connectivity index (χ1v) is 13.3. The Morgan fingerprint density at radius 3 is 2.33 bits per heavy atom. The van der Waals surface area contributed by atoms with Crippen LogP contribution in [0.25, 0.3) is 0 Å². The van der Waals surface area contributed by atoms with E-state index >= 15 is 0 Å². The van der Waals surface area contributed by atoms with Crippen molar-refractivity contribution in [2.75, 3.05) is 7.11 Å². The summed E-state index contributed by atoms with van der Waals surface area (Å²) in [5.74, 6) is -7.75. The average molecular weight is 591 g/mol. The SMILES string of the molecule is CO[C@@]1(NC(=O)C(C(=O)O)c2ccsc2)C(=O)N2[C@@H](C(=O)OC3OC(C(=O)O)C(O)C(O)C3O)C(C)(C)S[C@@H]21. The number of aliphatic hydroxyl groups is 3. The number of methoxy groups -OCH3 is 1. The molecule has 214 valence electrons. The van der Waals surface area contributed by atoms with E-state index in [2.05, 4.69) is 5.32 Å². The molecule has 1 aromatic rings. The van der Waals surface area contributed by atoms with Crippen LogP contribution in [0.2, 0.25) is 0 Å². The van der Waals surface area contributed by atoms with Gasteiger partial charge in [0.2, 0.25) is 12.2 Å². The van der Waals surface area contributed by atoms with Crippen LogP contribution in [0.5, 0.6) is 0 Å². The number of amides is 2. The third-order valence-corrected chi connectivity index (χ3v) is 9.10. The molecule has 6 unspecified atom stereocenters. The zero-order chi connectivity index (χ0) is 29.0. The number of carbonyl (C=O) groups excluding carboxylic acids is 3. The first kappa shape index (κ1) is 29.2. The van der Waals surface area contributed by atoms with Gasteiger partial charge in [0.15, 0.2) is 12.0 Å². The molecule has 0 spiro atoms. The summed E-state index contributed by atoms with van der Waals surface area (Å²) in [5.41, 5.74) is -1.80. The maximum Gasteiger partial charge on any atom is 0.335 e. The van der Waals surface area contributed by atoms with Gasteiger partial charge in [-0.15, -0.1) is 11.8 Å². The van der Waals surface area contributed by atoms with Crippen LogP contribution in [0.1, 0.15) is 25.3 Å². The van der Waals surface area contributed by atoms with Gasteiger partial charge in [-0.25, -0.2) is 9.59 Å². The number of aliphatic carboxylic acids is 2. The van der Waals surface area contributed by atoms with Crippen molar-refractivity contribution in [3.05, 3.63) is 22.4 Å². The number of β-lactam (4-membered cyclic amide) rings is 1. The number of hydrogen-bond acceptors (Lipinski definition) is 13. The third kappa shape index (κ3) is 4.66. The molecule has 6 N–H and O–H groups in total. The summed E-state index contributed by atoms with van der Waals surface area (Å²) < 4.78 is 14.5. The van der Waals surface area contributed by atoms with Crippen LogP contribution in [-0.4, -0.2) is 120 Å². The number of fused-ring (bicyclic) bond motifs is 1. The highest BCUT2D eigenvalue weighted by Crippen LogP contribution is 2.55. The van der Waals surface area contributed by atoms with E-state index < -0.39 is 88.2 Å². The third-order valence-electron chi connectivity index (χ3n) is 6.79. The van der Waals surface area contributed by atoms with Crippen molar-refractivity contribution in [1.29, 1.82) is 0 Å². The van der Waals surface area contributed by atoms with Crippen molar-refractivity contribution >= 4 is 52.8 Å². The Labute approximate surface area is 228 Å². The number of carboxylic acid groups (broad SMARTS) is 2. The highest BCUT2D eigenvalue weighted by Gasteiger charge is 2.73. The molecule has 0 radical (unpaired) electrons. The normalized spacial score (nSPS) is 35.9. The van der Waals surface area contributed by atoms with Crippen LogP contribution in [-0.2, 0) is 38.2 Å². The molecule has 15 nitrogen and oxygen atoms in total. The van der Waals surface area contributed by atoms with Gasteiger partial charge >= 0.3 is 17.9 Å². The Kier molecular flexibility index (Phi) is 7.71. The second-order valence-electron chi connectivity index (χ2n) is 9.62. The van der Waals surface area contributed by atoms with Gasteiger partial charge in [0.05, 0.1) is 0 Å². The molecule has 1 aromatic heterocycles. The summed E-state index contributed by atoms with van der Waals surface area (Å²) >= 11 is 2.24. The predicted molar refractivity (Wildman–Crippen MR) is 129 cm³/mol. The van der Waals surface area contributed by atoms with Crippen molar-refractivity contribution in [2.24, 2.45) is 0 Å². The van der Waals surface area contributed by atoms with Gasteiger partial charge in [-0.3, -0.25) is 14.4 Å². The van der Waals surface area contributed by atoms with Crippen LogP contribution in [0.15, 0.2) is 16.8 Å². The number of thioether (sulfide) groups is 1. The zero-order valence-electron chi connectivity index (χ0n) is 20.6. The number of nitrogens with one attached hydrogen (secondary N) is 1. The van der Waals surface area contributed by atoms with E-state index in [4.69, 9.17) is 14.2 Å². The Morgan fingerprint density at radius 1 is 1.13 bits per heavy atom. The van der Waals surface area contributed by atoms with Gasteiger partial charge in [0.1, 0.15) is 29.7 Å². The quantitative estimate of drug-likeness (QED) is 0.0823. The molecule has 3 fully saturated rings. The Bertz CT molecular complexity index is 1180. The van der Waals surface area contributed by atoms with Crippen molar-refractivity contribution < 1.29 is 63.7 Å². The van der Waals surface area contributed by atoms with Crippen molar-refractivity contribution in [3.8, 4) is 0 Å². The first-order chi connectivity index (χ1) is 18.2. The largest absolute Gasteiger partial charge is 0.480 e. The van der Waals surface area contributed by atoms with Crippen molar-refractivity contribution in [1.82, 2.24) is 10.2 Å². The summed E-state index contributed by atoms with van der Waals surface area (Å²) in [5, 5.41) is 53.4. The molecular weight excluding hydrogens is 564 g/mol. The van der Waals surface area contributed by atoms with Gasteiger partial charge in [0.25, 0.3) is 11.6 Å². The number of thiophene rings is 1. The maximum absolute atomic E-state index is 13.4. The number of hydrogen-bond donors (Lipinski definition) is 6. The Morgan fingerprint density at radius 2 is 1.79 bits per heavy atom. The summed E-state index contributed by atoms with van der Waals surface area (Å²) in [6, 6.07) is 0.110. The van der Waals surface area contributed by atoms with Crippen LogP contribution < -0.4 is 5.32 Å². The number of nitrogens with zero attached hydrogens (tertiary/aromatic N) is 1. The molecule has 0 bridgehead atoms. The molecule has 4 heterocycles. The van der Waals surface area contributed by atoms with Gasteiger partial charge < -0.3 is 50.0 Å². The summed E-state index contributed by atoms with van der Waals surface area (Å²) in [7, 11) is 1.14. The van der Waals surface area contributed by atoms with E-state index in [9.17, 15) is 49.5 Å². The van der Waals surface area contributed by atoms with E-state index in [0.717, 1.165) is 23.8 Å². The molecule has 2 amide bonds. The molecule has 4 rings (SSSR count). The molecule has 39 heavy (non-hydrogen) atoms. The van der Waals surface area contributed by atoms with Crippen LogP contribution >= 0.6 is 23.1 Å². The van der Waals surface area contributed by atoms with Gasteiger partial charge in [0, 0.05) is 11.9 Å². The van der Waals surface area contributed by atoms with E-state index in [-0.39, 0.29) is 5.56 Å². The Balaban J connectivity index is 1.54. The number of carbonyl (C=O) groups is 5. The fourth-order valence-corrected chi connectivity index (χ4v) is 7.15. The zero-order valence-corrected chi connectivity index (χ0v) is 22.2. The molecule has 3 saturated heterocycles. The second-order valence-corrected chi connectivity index (χ2v) is 12.1. The van der Waals surface area contributed by atoms with E-state index in [1.807, 2.05) is 0 Å². The number of aliphatic hydroxyl groups excluding tert-OH is 3. The lowest BCUT2D eigenvalue weighted by atomic mass is 9.92. The minimum atomic E-state index is -2.01. The monoisotopic (exact) mass is 590 g/mol. The lowest BCUT2D eigenvalue weighted by Crippen LogP contribution is -2.80. The second kappa shape index (κ2) is 10.3. The van der Waals surface area contributed by atoms with Crippen LogP contribution in [0.4, 0.5) is 0 Å². The summed E-state index contributed by atoms with van der Waals surface area (Å²) in [4.78, 5) is 63.9. The predicted octanol–water partition coefficient (Wildman–Crippen LogP) is -2.13. The van der Waals surface area contributed by atoms with Crippen molar-refractivity contribution in [2.45, 2.75) is 72.4 Å². The fourth-order valence-electron chi connectivity index (χ4n) is 4.79. The highest BCUT2D eigenvalue weighted by atomic mass is 32.2. The van der Waals surface area contributed by atoms with Crippen LogP contribution in [0.3, 0.4) is 0 Å². The topological polar surface area (TPSA) is 229 Å². The van der Waals surface area contributed by atoms with E-state index in [1.165, 1.54) is 22.8 Å². The number of ether oxygens (including phenoxy) is 3. The summed E-state index contributed by atoms with van der Waals surface area (Å²) in [6.07, 6.45) is -10.00. The standard InChI is InChI=1S/C22H26N2O13S2/c1-21(2)13(17(33)37-18-11(27)9(25)10(26)12(36-18)16(31)32)24-19(34)22(35-3,20(24)39-21)23-14(28)8(15(29)30)7-4-5-38-6-7/h4-6,8-13,18,20,25-27H,1-3H3,(H,23,28)(H,29,30)(H,31,32)/t8?,9?,10?,11?,12?,13-,18?,20+,22-/m0/s1. The fraction of sp³-hybridized carbons (Fsp3) is 0.591. The molecule has 0 saturated carbocycles. The number of esters is 1. The smallest absolute Gasteiger partial charge is 0.335 e. The molecule has 3 aliphatic heterocycles. The lowest BCUT2D eigenvalue weighted by molar-refractivity contribution is -0.288. The number of carboxylic acids is 2. The van der Waals surface area contributed by atoms with Gasteiger partial charge in [-0.1, -0.05) is 0 Å². The van der Waals surface area contributed by atoms with Gasteiger partial charge in [-0.2, -0.15) is 11.3 Å². The average Bonchev–Trinajstić information content (AvgIpc) is 3.47. The molecule has 17 heteroatoms. The highest BCUT2D eigenvalue weighted by molar-refractivity contribution is 8.01. The number of rotatable bonds is 8. The molecule has 0 aliphatic carbocycles. The maximum atomic E-state index is 13.4. The molecule has 9 atom stereocenters. The van der Waals surface area contributed by atoms with Crippen LogP contribution in [0, 0.1) is 0 Å². The van der Waals surface area contributed by atoms with E-state index in [1.54, 1.807) is 19.2 Å². The minimum Gasteiger partial charge on any atom is -0.480 e. The molecular formula is C22H26N2O13S2.